The summed E-state index contributed by atoms with van der Waals surface area (Å²) < 4.78 is 8.35. The van der Waals surface area contributed by atoms with Gasteiger partial charge < -0.3 is 10.1 Å². The van der Waals surface area contributed by atoms with Crippen LogP contribution in [0.2, 0.25) is 0 Å². The van der Waals surface area contributed by atoms with Gasteiger partial charge >= 0.3 is 0 Å². The Hall–Kier alpha value is -3.19. The van der Waals surface area contributed by atoms with Crippen LogP contribution >= 0.6 is 11.3 Å². The van der Waals surface area contributed by atoms with Crippen molar-refractivity contribution in [3.8, 4) is 10.9 Å². The van der Waals surface area contributed by atoms with E-state index in [2.05, 4.69) is 15.4 Å². The maximum Gasteiger partial charge on any atom is 0.226 e. The molecule has 0 fully saturated rings. The van der Waals surface area contributed by atoms with Crippen LogP contribution in [0.15, 0.2) is 54.7 Å². The van der Waals surface area contributed by atoms with Gasteiger partial charge in [-0.15, -0.1) is 0 Å². The van der Waals surface area contributed by atoms with Crippen LogP contribution in [0.3, 0.4) is 0 Å². The van der Waals surface area contributed by atoms with Crippen LogP contribution in [0.25, 0.3) is 15.3 Å². The lowest BCUT2D eigenvalue weighted by Gasteiger charge is -2.23. The predicted octanol–water partition coefficient (Wildman–Crippen LogP) is 4.35. The second-order valence-corrected chi connectivity index (χ2v) is 7.64. The number of hydrogen-bond acceptors (Lipinski definition) is 5. The monoisotopic (exact) mass is 390 g/mol. The molecule has 0 radical (unpaired) electrons. The van der Waals surface area contributed by atoms with Gasteiger partial charge in [-0.05, 0) is 36.8 Å². The van der Waals surface area contributed by atoms with Crippen LogP contribution in [0.5, 0.6) is 5.75 Å². The fraction of sp³-hybridized carbons (Fsp3) is 0.190. The van der Waals surface area contributed by atoms with E-state index in [-0.39, 0.29) is 11.8 Å². The summed E-state index contributed by atoms with van der Waals surface area (Å²) in [7, 11) is 0. The Morgan fingerprint density at radius 3 is 2.82 bits per heavy atom. The first-order valence-electron chi connectivity index (χ1n) is 9.19. The molecule has 0 spiro atoms. The first kappa shape index (κ1) is 16.9. The zero-order valence-electron chi connectivity index (χ0n) is 15.3. The number of anilines is 1. The maximum absolute atomic E-state index is 12.4. The molecule has 5 rings (SSSR count). The molecule has 140 valence electrons. The molecule has 1 amide bonds. The van der Waals surface area contributed by atoms with Crippen LogP contribution in [0, 0.1) is 0 Å². The van der Waals surface area contributed by atoms with Crippen molar-refractivity contribution in [2.75, 3.05) is 11.9 Å². The molecule has 4 aromatic rings. The molecular formula is C21H18N4O2S. The summed E-state index contributed by atoms with van der Waals surface area (Å²) in [6.45, 7) is 2.59. The lowest BCUT2D eigenvalue weighted by molar-refractivity contribution is -0.116. The molecule has 0 saturated heterocycles. The Kier molecular flexibility index (Phi) is 4.09. The number of amides is 1. The lowest BCUT2D eigenvalue weighted by Crippen LogP contribution is -2.24. The molecule has 7 heteroatoms. The highest BCUT2D eigenvalue weighted by Gasteiger charge is 2.31. The second-order valence-electron chi connectivity index (χ2n) is 6.63. The van der Waals surface area contributed by atoms with Crippen molar-refractivity contribution >= 4 is 33.3 Å². The van der Waals surface area contributed by atoms with Crippen molar-refractivity contribution in [2.45, 2.75) is 19.3 Å². The van der Waals surface area contributed by atoms with E-state index in [4.69, 9.17) is 4.74 Å². The quantitative estimate of drug-likeness (QED) is 0.562. The third-order valence-electron chi connectivity index (χ3n) is 4.88. The molecule has 0 bridgehead atoms. The third kappa shape index (κ3) is 2.84. The number of ether oxygens (including phenoxy) is 1. The Morgan fingerprint density at radius 1 is 1.21 bits per heavy atom. The van der Waals surface area contributed by atoms with Crippen molar-refractivity contribution in [1.82, 2.24) is 14.8 Å². The summed E-state index contributed by atoms with van der Waals surface area (Å²) in [5.41, 5.74) is 3.00. The molecule has 2 aromatic heterocycles. The Morgan fingerprint density at radius 2 is 2.04 bits per heavy atom. The minimum absolute atomic E-state index is 0.0192. The summed E-state index contributed by atoms with van der Waals surface area (Å²) in [4.78, 5) is 17.1. The number of nitrogens with one attached hydrogen (secondary N) is 1. The van der Waals surface area contributed by atoms with E-state index in [9.17, 15) is 4.79 Å². The fourth-order valence-corrected chi connectivity index (χ4v) is 4.51. The van der Waals surface area contributed by atoms with Gasteiger partial charge in [0.15, 0.2) is 0 Å². The zero-order valence-corrected chi connectivity index (χ0v) is 16.1. The van der Waals surface area contributed by atoms with Crippen molar-refractivity contribution in [2.24, 2.45) is 0 Å². The molecule has 1 aliphatic heterocycles. The van der Waals surface area contributed by atoms with Gasteiger partial charge in [0, 0.05) is 17.9 Å². The van der Waals surface area contributed by atoms with Gasteiger partial charge in [0.2, 0.25) is 11.0 Å². The summed E-state index contributed by atoms with van der Waals surface area (Å²) in [5, 5.41) is 8.28. The minimum Gasteiger partial charge on any atom is -0.494 e. The van der Waals surface area contributed by atoms with Crippen LogP contribution < -0.4 is 10.1 Å². The largest absolute Gasteiger partial charge is 0.494 e. The first-order chi connectivity index (χ1) is 13.7. The van der Waals surface area contributed by atoms with E-state index >= 15 is 0 Å². The molecule has 3 heterocycles. The summed E-state index contributed by atoms with van der Waals surface area (Å²) >= 11 is 1.56. The van der Waals surface area contributed by atoms with E-state index in [0.717, 1.165) is 32.2 Å². The molecule has 6 nitrogen and oxygen atoms in total. The number of carbonyl (C=O) groups is 1. The van der Waals surface area contributed by atoms with E-state index in [1.165, 1.54) is 0 Å². The predicted molar refractivity (Wildman–Crippen MR) is 109 cm³/mol. The number of hydrogen-bond donors (Lipinski definition) is 1. The van der Waals surface area contributed by atoms with Crippen LogP contribution in [-0.2, 0) is 4.79 Å². The van der Waals surface area contributed by atoms with Gasteiger partial charge in [-0.3, -0.25) is 4.79 Å². The Labute approximate surface area is 165 Å². The molecule has 0 aliphatic carbocycles. The van der Waals surface area contributed by atoms with E-state index < -0.39 is 0 Å². The topological polar surface area (TPSA) is 69.0 Å². The molecular weight excluding hydrogens is 372 g/mol. The Bertz CT molecular complexity index is 1130. The van der Waals surface area contributed by atoms with Gasteiger partial charge in [-0.25, -0.2) is 4.98 Å². The third-order valence-corrected chi connectivity index (χ3v) is 5.89. The van der Waals surface area contributed by atoms with Crippen molar-refractivity contribution in [1.29, 1.82) is 0 Å². The number of benzene rings is 2. The summed E-state index contributed by atoms with van der Waals surface area (Å²) in [5.74, 6) is 1.47. The SMILES string of the molecule is CCOc1ccc([C@@H]2CC(=O)Nc3c2cnn3-c2nc3ccccc3s2)cc1. The van der Waals surface area contributed by atoms with Crippen LogP contribution in [0.1, 0.15) is 30.4 Å². The fourth-order valence-electron chi connectivity index (χ4n) is 3.58. The first-order valence-corrected chi connectivity index (χ1v) is 10.0. The molecule has 0 saturated carbocycles. The highest BCUT2D eigenvalue weighted by Crippen LogP contribution is 2.39. The van der Waals surface area contributed by atoms with E-state index in [1.807, 2.05) is 61.7 Å². The maximum atomic E-state index is 12.4. The average molecular weight is 390 g/mol. The van der Waals surface area contributed by atoms with Crippen LogP contribution in [0.4, 0.5) is 5.82 Å². The molecule has 1 N–H and O–H groups in total. The smallest absolute Gasteiger partial charge is 0.226 e. The van der Waals surface area contributed by atoms with Gasteiger partial charge in [0.25, 0.3) is 0 Å². The van der Waals surface area contributed by atoms with Crippen molar-refractivity contribution in [3.05, 3.63) is 65.9 Å². The van der Waals surface area contributed by atoms with E-state index in [1.54, 1.807) is 16.0 Å². The van der Waals surface area contributed by atoms with Crippen molar-refractivity contribution in [3.63, 3.8) is 0 Å². The van der Waals surface area contributed by atoms with E-state index in [0.29, 0.717) is 18.8 Å². The van der Waals surface area contributed by atoms with Crippen molar-refractivity contribution < 1.29 is 9.53 Å². The normalized spacial score (nSPS) is 16.0. The summed E-state index contributed by atoms with van der Waals surface area (Å²) in [6, 6.07) is 15.9. The average Bonchev–Trinajstić information content (AvgIpc) is 3.32. The minimum atomic E-state index is -0.0393. The van der Waals surface area contributed by atoms with Gasteiger partial charge in [0.1, 0.15) is 11.6 Å². The van der Waals surface area contributed by atoms with Gasteiger partial charge in [-0.2, -0.15) is 9.78 Å². The van der Waals surface area contributed by atoms with Gasteiger partial charge in [0.05, 0.1) is 23.0 Å². The molecule has 1 aliphatic rings. The number of nitrogens with zero attached hydrogens (tertiary/aromatic N) is 3. The molecule has 1 atom stereocenters. The number of para-hydroxylation sites is 1. The molecule has 0 unspecified atom stereocenters. The second kappa shape index (κ2) is 6.76. The number of aromatic nitrogens is 3. The summed E-state index contributed by atoms with van der Waals surface area (Å²) in [6.07, 6.45) is 2.23. The van der Waals surface area contributed by atoms with Gasteiger partial charge in [-0.1, -0.05) is 35.6 Å². The number of rotatable bonds is 4. The highest BCUT2D eigenvalue weighted by molar-refractivity contribution is 7.20. The Balaban J connectivity index is 1.56. The number of fused-ring (bicyclic) bond motifs is 2. The number of carbonyl (C=O) groups excluding carboxylic acids is 1. The lowest BCUT2D eigenvalue weighted by atomic mass is 9.87. The molecule has 2 aromatic carbocycles. The number of thiazole rings is 1. The highest BCUT2D eigenvalue weighted by atomic mass is 32.1. The molecule has 28 heavy (non-hydrogen) atoms. The zero-order chi connectivity index (χ0) is 19.1. The standard InChI is InChI=1S/C21H18N4O2S/c1-2-27-14-9-7-13(8-10-14)15-11-19(26)24-20-16(15)12-22-25(20)21-23-17-5-3-4-6-18(17)28-21/h3-10,12,15H,2,11H2,1H3,(H,24,26)/t15-/m0/s1. The van der Waals surface area contributed by atoms with Crippen LogP contribution in [-0.4, -0.2) is 27.3 Å².